The molecule has 110 valence electrons. The van der Waals surface area contributed by atoms with E-state index in [1.54, 1.807) is 4.57 Å². The highest BCUT2D eigenvalue weighted by molar-refractivity contribution is 5.71. The first-order chi connectivity index (χ1) is 9.56. The lowest BCUT2D eigenvalue weighted by Crippen LogP contribution is -2.41. The van der Waals surface area contributed by atoms with E-state index in [0.29, 0.717) is 17.7 Å². The maximum Gasteiger partial charge on any atom is 0.332 e. The molecular formula is C13H21N5O2. The third-order valence-corrected chi connectivity index (χ3v) is 3.48. The summed E-state index contributed by atoms with van der Waals surface area (Å²) in [5, 5.41) is 0. The number of aromatic nitrogens is 4. The van der Waals surface area contributed by atoms with Gasteiger partial charge in [0.15, 0.2) is 11.2 Å². The highest BCUT2D eigenvalue weighted by Gasteiger charge is 2.18. The molecule has 0 saturated heterocycles. The summed E-state index contributed by atoms with van der Waals surface area (Å²) in [6.07, 6.45) is 1.71. The number of hydrogen-bond acceptors (Lipinski definition) is 4. The molecule has 0 unspecified atom stereocenters. The molecular weight excluding hydrogens is 258 g/mol. The van der Waals surface area contributed by atoms with Crippen molar-refractivity contribution in [1.29, 1.82) is 0 Å². The summed E-state index contributed by atoms with van der Waals surface area (Å²) in [6, 6.07) is 0. The summed E-state index contributed by atoms with van der Waals surface area (Å²) in [4.78, 5) is 29.3. The zero-order valence-corrected chi connectivity index (χ0v) is 12.2. The fourth-order valence-electron chi connectivity index (χ4n) is 2.47. The van der Waals surface area contributed by atoms with E-state index < -0.39 is 0 Å². The van der Waals surface area contributed by atoms with Gasteiger partial charge in [0.1, 0.15) is 5.82 Å². The standard InChI is InChI=1S/C13H21N5O2/c1-4-6-9-15-11-10(16(9)3)12(19)18(8-7-14)13(20)17(11)5-2/h4-8,14H2,1-3H3. The highest BCUT2D eigenvalue weighted by atomic mass is 16.2. The molecule has 0 aromatic carbocycles. The number of imidazole rings is 1. The van der Waals surface area contributed by atoms with E-state index in [-0.39, 0.29) is 24.3 Å². The van der Waals surface area contributed by atoms with Crippen molar-refractivity contribution in [2.45, 2.75) is 39.8 Å². The van der Waals surface area contributed by atoms with Crippen molar-refractivity contribution in [2.24, 2.45) is 12.8 Å². The maximum atomic E-state index is 12.5. The maximum absolute atomic E-state index is 12.5. The third-order valence-electron chi connectivity index (χ3n) is 3.48. The van der Waals surface area contributed by atoms with Gasteiger partial charge in [-0.3, -0.25) is 13.9 Å². The number of nitrogens with two attached hydrogens (primary N) is 1. The molecule has 2 heterocycles. The SMILES string of the molecule is CCCc1nc2c(c(=O)n(CCN)c(=O)n2CC)n1C. The minimum absolute atomic E-state index is 0.224. The first kappa shape index (κ1) is 14.5. The number of hydrogen-bond donors (Lipinski definition) is 1. The fourth-order valence-corrected chi connectivity index (χ4v) is 2.47. The first-order valence-electron chi connectivity index (χ1n) is 6.95. The lowest BCUT2D eigenvalue weighted by Gasteiger charge is -2.09. The Kier molecular flexibility index (Phi) is 4.08. The van der Waals surface area contributed by atoms with Gasteiger partial charge in [0, 0.05) is 33.1 Å². The van der Waals surface area contributed by atoms with Gasteiger partial charge in [0.25, 0.3) is 5.56 Å². The Morgan fingerprint density at radius 1 is 1.20 bits per heavy atom. The van der Waals surface area contributed by atoms with Crippen molar-refractivity contribution >= 4 is 11.2 Å². The second kappa shape index (κ2) is 5.62. The number of fused-ring (bicyclic) bond motifs is 1. The molecule has 0 fully saturated rings. The zero-order valence-electron chi connectivity index (χ0n) is 12.2. The molecule has 7 nitrogen and oxygen atoms in total. The van der Waals surface area contributed by atoms with Crippen LogP contribution >= 0.6 is 0 Å². The Labute approximate surface area is 116 Å². The summed E-state index contributed by atoms with van der Waals surface area (Å²) in [6.45, 7) is 4.87. The van der Waals surface area contributed by atoms with E-state index in [2.05, 4.69) is 11.9 Å². The molecule has 0 saturated carbocycles. The Morgan fingerprint density at radius 3 is 2.45 bits per heavy atom. The average molecular weight is 279 g/mol. The Hall–Kier alpha value is -1.89. The van der Waals surface area contributed by atoms with Crippen molar-refractivity contribution in [3.8, 4) is 0 Å². The molecule has 0 aliphatic rings. The molecule has 0 atom stereocenters. The normalized spacial score (nSPS) is 11.4. The summed E-state index contributed by atoms with van der Waals surface area (Å²) in [5.74, 6) is 0.826. The Balaban J connectivity index is 2.90. The number of rotatable bonds is 5. The molecule has 0 amide bonds. The van der Waals surface area contributed by atoms with Crippen molar-refractivity contribution in [2.75, 3.05) is 6.54 Å². The van der Waals surface area contributed by atoms with Crippen LogP contribution in [0.25, 0.3) is 11.2 Å². The van der Waals surface area contributed by atoms with Crippen LogP contribution < -0.4 is 17.0 Å². The van der Waals surface area contributed by atoms with E-state index >= 15 is 0 Å². The van der Waals surface area contributed by atoms with Gasteiger partial charge in [-0.05, 0) is 13.3 Å². The quantitative estimate of drug-likeness (QED) is 0.823. The zero-order chi connectivity index (χ0) is 14.9. The van der Waals surface area contributed by atoms with Gasteiger partial charge in [-0.2, -0.15) is 0 Å². The monoisotopic (exact) mass is 279 g/mol. The lowest BCUT2D eigenvalue weighted by molar-refractivity contribution is 0.585. The van der Waals surface area contributed by atoms with Gasteiger partial charge < -0.3 is 10.3 Å². The Morgan fingerprint density at radius 2 is 1.90 bits per heavy atom. The van der Waals surface area contributed by atoms with Crippen LogP contribution in [0, 0.1) is 0 Å². The fraction of sp³-hybridized carbons (Fsp3) is 0.615. The van der Waals surface area contributed by atoms with Gasteiger partial charge in [0.05, 0.1) is 0 Å². The van der Waals surface area contributed by atoms with Crippen LogP contribution in [0.1, 0.15) is 26.1 Å². The minimum Gasteiger partial charge on any atom is -0.329 e. The van der Waals surface area contributed by atoms with Crippen LogP contribution in [-0.4, -0.2) is 25.2 Å². The molecule has 0 spiro atoms. The smallest absolute Gasteiger partial charge is 0.329 e. The predicted octanol–water partition coefficient (Wildman–Crippen LogP) is -0.172. The van der Waals surface area contributed by atoms with Gasteiger partial charge >= 0.3 is 5.69 Å². The van der Waals surface area contributed by atoms with E-state index in [1.165, 1.54) is 9.13 Å². The molecule has 0 radical (unpaired) electrons. The summed E-state index contributed by atoms with van der Waals surface area (Å²) in [7, 11) is 1.82. The first-order valence-corrected chi connectivity index (χ1v) is 6.95. The molecule has 0 bridgehead atoms. The predicted molar refractivity (Wildman–Crippen MR) is 78.0 cm³/mol. The van der Waals surface area contributed by atoms with E-state index in [4.69, 9.17) is 5.73 Å². The second-order valence-electron chi connectivity index (χ2n) is 4.78. The van der Waals surface area contributed by atoms with Crippen LogP contribution in [-0.2, 0) is 26.6 Å². The van der Waals surface area contributed by atoms with Crippen LogP contribution in [0.5, 0.6) is 0 Å². The van der Waals surface area contributed by atoms with Gasteiger partial charge in [-0.1, -0.05) is 6.92 Å². The van der Waals surface area contributed by atoms with E-state index in [0.717, 1.165) is 18.7 Å². The molecule has 2 aromatic heterocycles. The van der Waals surface area contributed by atoms with Crippen molar-refractivity contribution < 1.29 is 0 Å². The second-order valence-corrected chi connectivity index (χ2v) is 4.78. The molecule has 2 N–H and O–H groups in total. The largest absolute Gasteiger partial charge is 0.332 e. The van der Waals surface area contributed by atoms with Crippen molar-refractivity contribution in [3.63, 3.8) is 0 Å². The molecule has 2 aromatic rings. The molecule has 0 aliphatic heterocycles. The lowest BCUT2D eigenvalue weighted by atomic mass is 10.3. The van der Waals surface area contributed by atoms with Gasteiger partial charge in [0.2, 0.25) is 0 Å². The summed E-state index contributed by atoms with van der Waals surface area (Å²) < 4.78 is 4.52. The van der Waals surface area contributed by atoms with E-state index in [1.807, 2.05) is 14.0 Å². The molecule has 20 heavy (non-hydrogen) atoms. The Bertz CT molecular complexity index is 738. The molecule has 0 aliphatic carbocycles. The molecule has 7 heteroatoms. The van der Waals surface area contributed by atoms with Crippen molar-refractivity contribution in [3.05, 3.63) is 26.7 Å². The molecule has 2 rings (SSSR count). The number of nitrogens with zero attached hydrogens (tertiary/aromatic N) is 4. The summed E-state index contributed by atoms with van der Waals surface area (Å²) in [5.41, 5.74) is 5.80. The number of aryl methyl sites for hydroxylation is 3. The van der Waals surface area contributed by atoms with Crippen LogP contribution in [0.4, 0.5) is 0 Å². The topological polar surface area (TPSA) is 87.8 Å². The van der Waals surface area contributed by atoms with Crippen LogP contribution in [0.2, 0.25) is 0 Å². The van der Waals surface area contributed by atoms with Crippen LogP contribution in [0.3, 0.4) is 0 Å². The van der Waals surface area contributed by atoms with Crippen LogP contribution in [0.15, 0.2) is 9.59 Å². The van der Waals surface area contributed by atoms with Crippen molar-refractivity contribution in [1.82, 2.24) is 18.7 Å². The average Bonchev–Trinajstić information content (AvgIpc) is 2.73. The van der Waals surface area contributed by atoms with E-state index in [9.17, 15) is 9.59 Å². The van der Waals surface area contributed by atoms with Gasteiger partial charge in [-0.25, -0.2) is 9.78 Å². The third kappa shape index (κ3) is 2.07. The summed E-state index contributed by atoms with van der Waals surface area (Å²) >= 11 is 0. The van der Waals surface area contributed by atoms with Gasteiger partial charge in [-0.15, -0.1) is 0 Å². The highest BCUT2D eigenvalue weighted by Crippen LogP contribution is 2.11. The minimum atomic E-state index is -0.336.